The second kappa shape index (κ2) is 6.69. The Morgan fingerprint density at radius 2 is 1.76 bits per heavy atom. The number of rotatable bonds is 4. The molecule has 2 aromatic rings. The first-order valence-electron chi connectivity index (χ1n) is 6.20. The normalized spacial score (nSPS) is 10.0. The van der Waals surface area contributed by atoms with Crippen LogP contribution in [0.1, 0.15) is 5.56 Å². The van der Waals surface area contributed by atoms with E-state index in [-0.39, 0.29) is 6.54 Å². The van der Waals surface area contributed by atoms with Gasteiger partial charge in [-0.25, -0.2) is 13.6 Å². The fraction of sp³-hybridized carbons (Fsp3) is 0.133. The van der Waals surface area contributed by atoms with E-state index < -0.39 is 17.7 Å². The minimum absolute atomic E-state index is 0.260. The summed E-state index contributed by atoms with van der Waals surface area (Å²) in [6.45, 7) is 0.260. The minimum atomic E-state index is -0.618. The van der Waals surface area contributed by atoms with Crippen molar-refractivity contribution in [3.05, 3.63) is 59.7 Å². The number of hydrogen-bond donors (Lipinski definition) is 2. The Labute approximate surface area is 120 Å². The largest absolute Gasteiger partial charge is 0.453 e. The quantitative estimate of drug-likeness (QED) is 0.902. The van der Waals surface area contributed by atoms with Crippen molar-refractivity contribution >= 4 is 17.5 Å². The summed E-state index contributed by atoms with van der Waals surface area (Å²) >= 11 is 0. The molecular weight excluding hydrogens is 278 g/mol. The fourth-order valence-electron chi connectivity index (χ4n) is 1.79. The Balaban J connectivity index is 2.02. The molecule has 1 amide bonds. The van der Waals surface area contributed by atoms with Gasteiger partial charge in [0, 0.05) is 24.0 Å². The van der Waals surface area contributed by atoms with Crippen molar-refractivity contribution in [1.29, 1.82) is 0 Å². The van der Waals surface area contributed by atoms with Gasteiger partial charge in [-0.15, -0.1) is 0 Å². The molecule has 6 heteroatoms. The van der Waals surface area contributed by atoms with E-state index in [4.69, 9.17) is 0 Å². The molecule has 0 fully saturated rings. The average molecular weight is 292 g/mol. The third kappa shape index (κ3) is 4.45. The number of anilines is 2. The molecule has 0 aromatic heterocycles. The van der Waals surface area contributed by atoms with Crippen LogP contribution in [0.25, 0.3) is 0 Å². The topological polar surface area (TPSA) is 50.4 Å². The van der Waals surface area contributed by atoms with Crippen LogP contribution < -0.4 is 10.6 Å². The third-order valence-electron chi connectivity index (χ3n) is 2.71. The van der Waals surface area contributed by atoms with Gasteiger partial charge in [0.05, 0.1) is 7.11 Å². The summed E-state index contributed by atoms with van der Waals surface area (Å²) in [5.74, 6) is -1.24. The Hall–Kier alpha value is -2.63. The third-order valence-corrected chi connectivity index (χ3v) is 2.71. The van der Waals surface area contributed by atoms with Crippen LogP contribution in [0.2, 0.25) is 0 Å². The van der Waals surface area contributed by atoms with Crippen LogP contribution >= 0.6 is 0 Å². The molecule has 21 heavy (non-hydrogen) atoms. The maximum Gasteiger partial charge on any atom is 0.411 e. The molecule has 0 bridgehead atoms. The van der Waals surface area contributed by atoms with Crippen LogP contribution in [-0.4, -0.2) is 13.2 Å². The number of halogens is 2. The highest BCUT2D eigenvalue weighted by molar-refractivity contribution is 5.85. The van der Waals surface area contributed by atoms with Crippen molar-refractivity contribution in [3.8, 4) is 0 Å². The standard InChI is InChI=1S/C15H14F2N2O2/c1-21-15(20)19-14-4-2-3-13(8-14)18-9-10-5-11(16)7-12(17)6-10/h2-8,18H,9H2,1H3,(H,19,20). The van der Waals surface area contributed by atoms with Crippen molar-refractivity contribution in [3.63, 3.8) is 0 Å². The first kappa shape index (κ1) is 14.8. The van der Waals surface area contributed by atoms with Gasteiger partial charge in [-0.3, -0.25) is 5.32 Å². The summed E-state index contributed by atoms with van der Waals surface area (Å²) in [6.07, 6.45) is -0.570. The Kier molecular flexibility index (Phi) is 4.71. The molecule has 4 nitrogen and oxygen atoms in total. The van der Waals surface area contributed by atoms with Crippen LogP contribution in [0, 0.1) is 11.6 Å². The molecule has 0 aliphatic carbocycles. The predicted octanol–water partition coefficient (Wildman–Crippen LogP) is 3.76. The van der Waals surface area contributed by atoms with E-state index in [9.17, 15) is 13.6 Å². The molecule has 0 saturated heterocycles. The van der Waals surface area contributed by atoms with Gasteiger partial charge in [-0.05, 0) is 35.9 Å². The van der Waals surface area contributed by atoms with E-state index in [0.717, 1.165) is 6.07 Å². The molecule has 2 N–H and O–H groups in total. The van der Waals surface area contributed by atoms with E-state index in [2.05, 4.69) is 15.4 Å². The number of amides is 1. The fourth-order valence-corrected chi connectivity index (χ4v) is 1.79. The summed E-state index contributed by atoms with van der Waals surface area (Å²) in [4.78, 5) is 11.1. The van der Waals surface area contributed by atoms with Crippen molar-refractivity contribution in [2.24, 2.45) is 0 Å². The van der Waals surface area contributed by atoms with Gasteiger partial charge >= 0.3 is 6.09 Å². The van der Waals surface area contributed by atoms with Crippen LogP contribution in [0.15, 0.2) is 42.5 Å². The van der Waals surface area contributed by atoms with Gasteiger partial charge in [-0.1, -0.05) is 6.07 Å². The highest BCUT2D eigenvalue weighted by Crippen LogP contribution is 2.17. The summed E-state index contributed by atoms with van der Waals surface area (Å²) in [5.41, 5.74) is 1.74. The van der Waals surface area contributed by atoms with E-state index in [0.29, 0.717) is 16.9 Å². The lowest BCUT2D eigenvalue weighted by Crippen LogP contribution is -2.11. The molecule has 0 aliphatic heterocycles. The molecule has 2 rings (SSSR count). The predicted molar refractivity (Wildman–Crippen MR) is 76.2 cm³/mol. The molecule has 0 aliphatic rings. The second-order valence-electron chi connectivity index (χ2n) is 4.33. The van der Waals surface area contributed by atoms with Crippen LogP contribution in [0.5, 0.6) is 0 Å². The molecule has 0 spiro atoms. The van der Waals surface area contributed by atoms with Gasteiger partial charge in [0.2, 0.25) is 0 Å². The number of nitrogens with one attached hydrogen (secondary N) is 2. The van der Waals surface area contributed by atoms with Crippen molar-refractivity contribution in [2.75, 3.05) is 17.7 Å². The zero-order valence-electron chi connectivity index (χ0n) is 11.3. The van der Waals surface area contributed by atoms with E-state index >= 15 is 0 Å². The molecule has 110 valence electrons. The van der Waals surface area contributed by atoms with Crippen LogP contribution in [-0.2, 0) is 11.3 Å². The highest BCUT2D eigenvalue weighted by atomic mass is 19.1. The number of carbonyl (C=O) groups is 1. The zero-order valence-corrected chi connectivity index (χ0v) is 11.3. The lowest BCUT2D eigenvalue weighted by atomic mass is 10.2. The SMILES string of the molecule is COC(=O)Nc1cccc(NCc2cc(F)cc(F)c2)c1. The van der Waals surface area contributed by atoms with E-state index in [1.807, 2.05) is 0 Å². The average Bonchev–Trinajstić information content (AvgIpc) is 2.44. The lowest BCUT2D eigenvalue weighted by Gasteiger charge is -2.09. The van der Waals surface area contributed by atoms with E-state index in [1.165, 1.54) is 19.2 Å². The maximum absolute atomic E-state index is 13.1. The summed E-state index contributed by atoms with van der Waals surface area (Å²) < 4.78 is 30.6. The summed E-state index contributed by atoms with van der Waals surface area (Å²) in [6, 6.07) is 10.2. The molecule has 0 unspecified atom stereocenters. The number of benzene rings is 2. The Bertz CT molecular complexity index is 627. The molecule has 0 heterocycles. The maximum atomic E-state index is 13.1. The molecule has 2 aromatic carbocycles. The van der Waals surface area contributed by atoms with Gasteiger partial charge in [0.1, 0.15) is 11.6 Å². The van der Waals surface area contributed by atoms with Crippen LogP contribution in [0.4, 0.5) is 25.0 Å². The van der Waals surface area contributed by atoms with Crippen molar-refractivity contribution in [1.82, 2.24) is 0 Å². The summed E-state index contributed by atoms with van der Waals surface area (Å²) in [7, 11) is 1.27. The first-order chi connectivity index (χ1) is 10.1. The molecular formula is C15H14F2N2O2. The van der Waals surface area contributed by atoms with Gasteiger partial charge in [0.15, 0.2) is 0 Å². The zero-order chi connectivity index (χ0) is 15.2. The van der Waals surface area contributed by atoms with Gasteiger partial charge in [-0.2, -0.15) is 0 Å². The molecule has 0 atom stereocenters. The smallest absolute Gasteiger partial charge is 0.411 e. The van der Waals surface area contributed by atoms with Crippen molar-refractivity contribution in [2.45, 2.75) is 6.54 Å². The van der Waals surface area contributed by atoms with Gasteiger partial charge in [0.25, 0.3) is 0 Å². The number of hydrogen-bond acceptors (Lipinski definition) is 3. The Morgan fingerprint density at radius 3 is 2.43 bits per heavy atom. The molecule has 0 radical (unpaired) electrons. The van der Waals surface area contributed by atoms with Crippen molar-refractivity contribution < 1.29 is 18.3 Å². The number of ether oxygens (including phenoxy) is 1. The monoisotopic (exact) mass is 292 g/mol. The van der Waals surface area contributed by atoms with Crippen LogP contribution in [0.3, 0.4) is 0 Å². The number of methoxy groups -OCH3 is 1. The van der Waals surface area contributed by atoms with Gasteiger partial charge < -0.3 is 10.1 Å². The summed E-state index contributed by atoms with van der Waals surface area (Å²) in [5, 5.41) is 5.55. The van der Waals surface area contributed by atoms with E-state index in [1.54, 1.807) is 24.3 Å². The Morgan fingerprint density at radius 1 is 1.10 bits per heavy atom. The highest BCUT2D eigenvalue weighted by Gasteiger charge is 2.03. The second-order valence-corrected chi connectivity index (χ2v) is 4.33. The lowest BCUT2D eigenvalue weighted by molar-refractivity contribution is 0.187. The minimum Gasteiger partial charge on any atom is -0.453 e. The first-order valence-corrected chi connectivity index (χ1v) is 6.20. The number of carbonyl (C=O) groups excluding carboxylic acids is 1. The molecule has 0 saturated carbocycles.